The highest BCUT2D eigenvalue weighted by Gasteiger charge is 2.29. The molecule has 1 N–H and O–H groups in total. The number of nitrogens with zero attached hydrogens (tertiary/aromatic N) is 2. The van der Waals surface area contributed by atoms with Crippen LogP contribution in [0.5, 0.6) is 0 Å². The normalized spacial score (nSPS) is 11.6. The minimum Gasteiger partial charge on any atom is -0.389 e. The third-order valence-corrected chi connectivity index (χ3v) is 3.78. The summed E-state index contributed by atoms with van der Waals surface area (Å²) in [6.45, 7) is 7.57. The number of aliphatic hydroxyl groups is 1. The number of likely N-dealkylation sites (N-methyl/N-ethyl adjacent to an activating group) is 1. The lowest BCUT2D eigenvalue weighted by Crippen LogP contribution is -2.42. The summed E-state index contributed by atoms with van der Waals surface area (Å²) in [7, 11) is 0. The molecule has 2 aromatic rings. The molecule has 0 unspecified atom stereocenters. The molecule has 0 saturated heterocycles. The first-order valence-electron chi connectivity index (χ1n) is 7.47. The van der Waals surface area contributed by atoms with Crippen molar-refractivity contribution in [3.05, 3.63) is 40.6 Å². The van der Waals surface area contributed by atoms with Crippen LogP contribution in [0.1, 0.15) is 36.9 Å². The molecule has 23 heavy (non-hydrogen) atoms. The van der Waals surface area contributed by atoms with Crippen LogP contribution in [0, 0.1) is 6.92 Å². The van der Waals surface area contributed by atoms with E-state index in [4.69, 9.17) is 16.1 Å². The van der Waals surface area contributed by atoms with Crippen molar-refractivity contribution in [3.8, 4) is 11.3 Å². The first-order chi connectivity index (χ1) is 10.7. The van der Waals surface area contributed by atoms with Gasteiger partial charge in [-0.05, 0) is 33.8 Å². The van der Waals surface area contributed by atoms with Crippen LogP contribution < -0.4 is 0 Å². The molecular weight excluding hydrogens is 316 g/mol. The largest absolute Gasteiger partial charge is 0.389 e. The molecule has 0 saturated carbocycles. The maximum atomic E-state index is 12.9. The smallest absolute Gasteiger partial charge is 0.259 e. The summed E-state index contributed by atoms with van der Waals surface area (Å²) in [5.74, 6) is 0.197. The van der Waals surface area contributed by atoms with E-state index in [0.717, 1.165) is 0 Å². The number of halogens is 1. The second kappa shape index (κ2) is 6.72. The van der Waals surface area contributed by atoms with Gasteiger partial charge in [0.25, 0.3) is 5.91 Å². The van der Waals surface area contributed by atoms with E-state index in [-0.39, 0.29) is 12.5 Å². The number of benzene rings is 1. The lowest BCUT2D eigenvalue weighted by atomic mass is 10.0. The average Bonchev–Trinajstić information content (AvgIpc) is 2.85. The number of hydrogen-bond donors (Lipinski definition) is 1. The zero-order valence-corrected chi connectivity index (χ0v) is 14.5. The molecule has 1 aromatic heterocycles. The fourth-order valence-electron chi connectivity index (χ4n) is 2.41. The van der Waals surface area contributed by atoms with Gasteiger partial charge in [-0.2, -0.15) is 0 Å². The van der Waals surface area contributed by atoms with Crippen LogP contribution in [0.3, 0.4) is 0 Å². The maximum Gasteiger partial charge on any atom is 0.259 e. The summed E-state index contributed by atoms with van der Waals surface area (Å²) in [6.07, 6.45) is 0. The Labute approximate surface area is 140 Å². The molecule has 6 heteroatoms. The fourth-order valence-corrected chi connectivity index (χ4v) is 2.64. The molecule has 2 rings (SSSR count). The van der Waals surface area contributed by atoms with E-state index < -0.39 is 5.60 Å². The Morgan fingerprint density at radius 2 is 2.04 bits per heavy atom. The number of aromatic nitrogens is 1. The van der Waals surface area contributed by atoms with E-state index in [2.05, 4.69) is 5.16 Å². The van der Waals surface area contributed by atoms with E-state index in [9.17, 15) is 9.90 Å². The Hall–Kier alpha value is -1.85. The average molecular weight is 337 g/mol. The van der Waals surface area contributed by atoms with Gasteiger partial charge < -0.3 is 14.5 Å². The summed E-state index contributed by atoms with van der Waals surface area (Å²) in [5, 5.41) is 14.5. The zero-order chi connectivity index (χ0) is 17.2. The maximum absolute atomic E-state index is 12.9. The summed E-state index contributed by atoms with van der Waals surface area (Å²) in [6, 6.07) is 7.17. The highest BCUT2D eigenvalue weighted by atomic mass is 35.5. The van der Waals surface area contributed by atoms with Crippen molar-refractivity contribution in [3.63, 3.8) is 0 Å². The van der Waals surface area contributed by atoms with Crippen molar-refractivity contribution < 1.29 is 14.4 Å². The number of carbonyl (C=O) groups is 1. The Morgan fingerprint density at radius 1 is 1.39 bits per heavy atom. The van der Waals surface area contributed by atoms with Crippen LogP contribution in [-0.2, 0) is 0 Å². The Kier molecular flexibility index (Phi) is 5.12. The summed E-state index contributed by atoms with van der Waals surface area (Å²) in [4.78, 5) is 14.5. The number of carbonyl (C=O) groups excluding carboxylic acids is 1. The van der Waals surface area contributed by atoms with Crippen molar-refractivity contribution in [2.45, 2.75) is 33.3 Å². The first kappa shape index (κ1) is 17.5. The van der Waals surface area contributed by atoms with Gasteiger partial charge in [-0.25, -0.2) is 0 Å². The van der Waals surface area contributed by atoms with Gasteiger partial charge in [0.2, 0.25) is 0 Å². The molecule has 0 aliphatic carbocycles. The van der Waals surface area contributed by atoms with Crippen LogP contribution in [0.4, 0.5) is 0 Å². The molecular formula is C17H21ClN2O3. The molecule has 0 fully saturated rings. The van der Waals surface area contributed by atoms with Crippen molar-refractivity contribution >= 4 is 17.5 Å². The van der Waals surface area contributed by atoms with E-state index in [1.54, 1.807) is 37.8 Å². The van der Waals surface area contributed by atoms with Crippen LogP contribution in [0.15, 0.2) is 28.8 Å². The number of rotatable bonds is 5. The standard InChI is InChI=1S/C17H21ClN2O3/c1-5-20(10-17(3,4)22)16(21)14-11(2)23-19-15(14)12-8-6-7-9-13(12)18/h6-9,22H,5,10H2,1-4H3. The second-order valence-corrected chi connectivity index (χ2v) is 6.48. The molecule has 0 bridgehead atoms. The molecule has 1 aromatic carbocycles. The van der Waals surface area contributed by atoms with Crippen molar-refractivity contribution in [1.29, 1.82) is 0 Å². The Balaban J connectivity index is 2.46. The van der Waals surface area contributed by atoms with E-state index in [1.807, 2.05) is 19.1 Å². The predicted molar refractivity (Wildman–Crippen MR) is 89.6 cm³/mol. The quantitative estimate of drug-likeness (QED) is 0.907. The van der Waals surface area contributed by atoms with Crippen LogP contribution >= 0.6 is 11.6 Å². The van der Waals surface area contributed by atoms with Gasteiger partial charge in [0.1, 0.15) is 17.0 Å². The molecule has 5 nitrogen and oxygen atoms in total. The predicted octanol–water partition coefficient (Wildman–Crippen LogP) is 3.54. The lowest BCUT2D eigenvalue weighted by Gasteiger charge is -2.28. The molecule has 0 aliphatic rings. The van der Waals surface area contributed by atoms with Crippen LogP contribution in [0.25, 0.3) is 11.3 Å². The van der Waals surface area contributed by atoms with Gasteiger partial charge in [-0.1, -0.05) is 35.0 Å². The lowest BCUT2D eigenvalue weighted by molar-refractivity contribution is 0.0314. The summed E-state index contributed by atoms with van der Waals surface area (Å²) >= 11 is 6.22. The molecule has 1 heterocycles. The Bertz CT molecular complexity index is 704. The number of amides is 1. The van der Waals surface area contributed by atoms with Crippen LogP contribution in [0.2, 0.25) is 5.02 Å². The first-order valence-corrected chi connectivity index (χ1v) is 7.85. The third kappa shape index (κ3) is 3.92. The number of aryl methyl sites for hydroxylation is 1. The SMILES string of the molecule is CCN(CC(C)(C)O)C(=O)c1c(-c2ccccc2Cl)noc1C. The monoisotopic (exact) mass is 336 g/mol. The molecule has 1 amide bonds. The van der Waals surface area contributed by atoms with Gasteiger partial charge in [0.05, 0.1) is 10.6 Å². The summed E-state index contributed by atoms with van der Waals surface area (Å²) < 4.78 is 5.23. The topological polar surface area (TPSA) is 66.6 Å². The highest BCUT2D eigenvalue weighted by Crippen LogP contribution is 2.31. The third-order valence-electron chi connectivity index (χ3n) is 3.45. The molecule has 0 aliphatic heterocycles. The molecule has 0 atom stereocenters. The van der Waals surface area contributed by atoms with Gasteiger partial charge >= 0.3 is 0 Å². The summed E-state index contributed by atoms with van der Waals surface area (Å²) in [5.41, 5.74) is 0.464. The minimum atomic E-state index is -0.985. The van der Waals surface area contributed by atoms with E-state index in [0.29, 0.717) is 34.1 Å². The minimum absolute atomic E-state index is 0.217. The molecule has 0 radical (unpaired) electrons. The second-order valence-electron chi connectivity index (χ2n) is 6.07. The van der Waals surface area contributed by atoms with Crippen molar-refractivity contribution in [2.75, 3.05) is 13.1 Å². The van der Waals surface area contributed by atoms with E-state index >= 15 is 0 Å². The van der Waals surface area contributed by atoms with Gasteiger partial charge in [0, 0.05) is 18.7 Å². The van der Waals surface area contributed by atoms with E-state index in [1.165, 1.54) is 0 Å². The highest BCUT2D eigenvalue weighted by molar-refractivity contribution is 6.33. The van der Waals surface area contributed by atoms with Crippen molar-refractivity contribution in [1.82, 2.24) is 10.1 Å². The van der Waals surface area contributed by atoms with Gasteiger partial charge in [-0.15, -0.1) is 0 Å². The molecule has 124 valence electrons. The Morgan fingerprint density at radius 3 is 2.61 bits per heavy atom. The van der Waals surface area contributed by atoms with Gasteiger partial charge in [-0.3, -0.25) is 4.79 Å². The zero-order valence-electron chi connectivity index (χ0n) is 13.8. The molecule has 0 spiro atoms. The fraction of sp³-hybridized carbons (Fsp3) is 0.412. The van der Waals surface area contributed by atoms with Gasteiger partial charge in [0.15, 0.2) is 0 Å². The van der Waals surface area contributed by atoms with Crippen LogP contribution in [-0.4, -0.2) is 39.8 Å². The van der Waals surface area contributed by atoms with Crippen molar-refractivity contribution in [2.24, 2.45) is 0 Å². The number of hydrogen-bond acceptors (Lipinski definition) is 4.